The molecule has 0 saturated carbocycles. The topological polar surface area (TPSA) is 76.8 Å². The number of nitrogens with zero attached hydrogens (tertiary/aromatic N) is 1. The molecule has 0 aliphatic carbocycles. The molecule has 6 heteroatoms. The molecule has 1 amide bonds. The number of anilines is 2. The number of carbonyl (C=O) groups is 1. The van der Waals surface area contributed by atoms with Gasteiger partial charge in [-0.05, 0) is 13.0 Å². The highest BCUT2D eigenvalue weighted by atomic mass is 16.5. The molecular weight excluding hydrogens is 258 g/mol. The van der Waals surface area contributed by atoms with Gasteiger partial charge in [-0.25, -0.2) is 0 Å². The minimum absolute atomic E-state index is 0.0647. The molecule has 0 bridgehead atoms. The van der Waals surface area contributed by atoms with Crippen molar-refractivity contribution in [2.45, 2.75) is 13.0 Å². The quantitative estimate of drug-likeness (QED) is 0.790. The lowest BCUT2D eigenvalue weighted by atomic mass is 10.1. The Labute approximate surface area is 118 Å². The first-order valence-electron chi connectivity index (χ1n) is 6.75. The molecular formula is C14H21N3O3. The number of nitrogens with two attached hydrogens (primary N) is 1. The van der Waals surface area contributed by atoms with E-state index in [1.165, 1.54) is 0 Å². The number of amides is 1. The van der Waals surface area contributed by atoms with Gasteiger partial charge in [0.15, 0.2) is 0 Å². The third-order valence-corrected chi connectivity index (χ3v) is 3.23. The Morgan fingerprint density at radius 1 is 1.55 bits per heavy atom. The van der Waals surface area contributed by atoms with Crippen LogP contribution in [0.25, 0.3) is 0 Å². The Bertz CT molecular complexity index is 479. The molecule has 1 fully saturated rings. The number of likely N-dealkylation sites (N-methyl/N-ethyl adjacent to an activating group) is 1. The lowest BCUT2D eigenvalue weighted by Crippen LogP contribution is -2.53. The summed E-state index contributed by atoms with van der Waals surface area (Å²) >= 11 is 0. The predicted octanol–water partition coefficient (Wildman–Crippen LogP) is 0.619. The number of ether oxygens (including phenoxy) is 2. The van der Waals surface area contributed by atoms with Crippen molar-refractivity contribution in [1.82, 2.24) is 5.32 Å². The van der Waals surface area contributed by atoms with E-state index in [9.17, 15) is 4.79 Å². The highest BCUT2D eigenvalue weighted by Gasteiger charge is 2.29. The molecule has 1 aliphatic rings. The Hall–Kier alpha value is -1.95. The first kappa shape index (κ1) is 14.5. The van der Waals surface area contributed by atoms with E-state index in [2.05, 4.69) is 5.32 Å². The van der Waals surface area contributed by atoms with Gasteiger partial charge >= 0.3 is 0 Å². The molecule has 1 saturated heterocycles. The van der Waals surface area contributed by atoms with Crippen LogP contribution >= 0.6 is 0 Å². The van der Waals surface area contributed by atoms with Crippen molar-refractivity contribution >= 4 is 17.3 Å². The van der Waals surface area contributed by atoms with Crippen molar-refractivity contribution in [3.05, 3.63) is 18.2 Å². The molecule has 0 radical (unpaired) electrons. The molecule has 1 unspecified atom stereocenters. The fraction of sp³-hybridized carbons (Fsp3) is 0.500. The summed E-state index contributed by atoms with van der Waals surface area (Å²) in [6, 6.07) is 5.19. The van der Waals surface area contributed by atoms with Crippen LogP contribution in [0.15, 0.2) is 18.2 Å². The van der Waals surface area contributed by atoms with Gasteiger partial charge in [-0.2, -0.15) is 0 Å². The predicted molar refractivity (Wildman–Crippen MR) is 78.0 cm³/mol. The standard InChI is InChI=1S/C14H21N3O3/c1-3-20-12-7-10(15)6-11(8-12)17-4-5-19-9-13(17)14(18)16-2/h6-8,13H,3-5,9,15H2,1-2H3,(H,16,18). The maximum absolute atomic E-state index is 12.0. The molecule has 1 aliphatic heterocycles. The maximum atomic E-state index is 12.0. The van der Waals surface area contributed by atoms with Crippen molar-refractivity contribution in [2.24, 2.45) is 0 Å². The van der Waals surface area contributed by atoms with Crippen molar-refractivity contribution in [1.29, 1.82) is 0 Å². The van der Waals surface area contributed by atoms with E-state index in [0.717, 1.165) is 5.69 Å². The van der Waals surface area contributed by atoms with Gasteiger partial charge in [-0.3, -0.25) is 4.79 Å². The number of nitrogen functional groups attached to an aromatic ring is 1. The molecule has 2 rings (SSSR count). The summed E-state index contributed by atoms with van der Waals surface area (Å²) in [7, 11) is 1.63. The van der Waals surface area contributed by atoms with Crippen molar-refractivity contribution in [2.75, 3.05) is 44.0 Å². The molecule has 1 heterocycles. The number of rotatable bonds is 4. The van der Waals surface area contributed by atoms with Gasteiger partial charge in [0, 0.05) is 37.1 Å². The van der Waals surface area contributed by atoms with E-state index >= 15 is 0 Å². The minimum atomic E-state index is -0.343. The van der Waals surface area contributed by atoms with Crippen LogP contribution in [-0.2, 0) is 9.53 Å². The first-order chi connectivity index (χ1) is 9.65. The molecule has 0 aromatic heterocycles. The first-order valence-corrected chi connectivity index (χ1v) is 6.75. The summed E-state index contributed by atoms with van der Waals surface area (Å²) in [4.78, 5) is 14.0. The monoisotopic (exact) mass is 279 g/mol. The summed E-state index contributed by atoms with van der Waals surface area (Å²) in [5.41, 5.74) is 7.41. The van der Waals surface area contributed by atoms with Crippen LogP contribution in [0.5, 0.6) is 5.75 Å². The van der Waals surface area contributed by atoms with E-state index in [-0.39, 0.29) is 11.9 Å². The summed E-state index contributed by atoms with van der Waals surface area (Å²) < 4.78 is 10.9. The van der Waals surface area contributed by atoms with Gasteiger partial charge in [0.2, 0.25) is 5.91 Å². The average Bonchev–Trinajstić information content (AvgIpc) is 2.46. The molecule has 6 nitrogen and oxygen atoms in total. The fourth-order valence-electron chi connectivity index (χ4n) is 2.32. The van der Waals surface area contributed by atoms with Crippen molar-refractivity contribution in [3.8, 4) is 5.75 Å². The third kappa shape index (κ3) is 3.14. The lowest BCUT2D eigenvalue weighted by Gasteiger charge is -2.36. The SMILES string of the molecule is CCOc1cc(N)cc(N2CCOCC2C(=O)NC)c1. The Balaban J connectivity index is 2.29. The summed E-state index contributed by atoms with van der Waals surface area (Å²) in [6.45, 7) is 4.10. The zero-order valence-electron chi connectivity index (χ0n) is 11.9. The fourth-order valence-corrected chi connectivity index (χ4v) is 2.32. The van der Waals surface area contributed by atoms with Crippen LogP contribution in [-0.4, -0.2) is 45.4 Å². The van der Waals surface area contributed by atoms with Crippen LogP contribution in [0.2, 0.25) is 0 Å². The molecule has 110 valence electrons. The van der Waals surface area contributed by atoms with Gasteiger partial charge in [0.25, 0.3) is 0 Å². The van der Waals surface area contributed by atoms with E-state index in [4.69, 9.17) is 15.2 Å². The largest absolute Gasteiger partial charge is 0.494 e. The number of morpholine rings is 1. The number of nitrogens with one attached hydrogen (secondary N) is 1. The lowest BCUT2D eigenvalue weighted by molar-refractivity contribution is -0.124. The van der Waals surface area contributed by atoms with E-state index in [1.54, 1.807) is 13.1 Å². The molecule has 3 N–H and O–H groups in total. The van der Waals surface area contributed by atoms with E-state index in [1.807, 2.05) is 24.0 Å². The van der Waals surface area contributed by atoms with Crippen LogP contribution in [0.3, 0.4) is 0 Å². The minimum Gasteiger partial charge on any atom is -0.494 e. The van der Waals surface area contributed by atoms with Crippen molar-refractivity contribution in [3.63, 3.8) is 0 Å². The molecule has 1 aromatic rings. The number of carbonyl (C=O) groups excluding carboxylic acids is 1. The Morgan fingerprint density at radius 3 is 3.05 bits per heavy atom. The second-order valence-corrected chi connectivity index (χ2v) is 4.59. The van der Waals surface area contributed by atoms with Gasteiger partial charge in [-0.1, -0.05) is 0 Å². The molecule has 1 aromatic carbocycles. The van der Waals surface area contributed by atoms with Crippen LogP contribution in [0.4, 0.5) is 11.4 Å². The number of benzene rings is 1. The molecule has 1 atom stereocenters. The van der Waals surface area contributed by atoms with Gasteiger partial charge in [0.05, 0.1) is 19.8 Å². The second kappa shape index (κ2) is 6.47. The summed E-state index contributed by atoms with van der Waals surface area (Å²) in [5, 5.41) is 2.67. The average molecular weight is 279 g/mol. The number of hydrogen-bond donors (Lipinski definition) is 2. The zero-order chi connectivity index (χ0) is 14.5. The zero-order valence-corrected chi connectivity index (χ0v) is 11.9. The maximum Gasteiger partial charge on any atom is 0.244 e. The highest BCUT2D eigenvalue weighted by molar-refractivity contribution is 5.85. The van der Waals surface area contributed by atoms with Crippen LogP contribution < -0.4 is 20.7 Å². The molecule has 20 heavy (non-hydrogen) atoms. The van der Waals surface area contributed by atoms with Gasteiger partial charge < -0.3 is 25.4 Å². The second-order valence-electron chi connectivity index (χ2n) is 4.59. The van der Waals surface area contributed by atoms with Crippen LogP contribution in [0.1, 0.15) is 6.92 Å². The molecule has 0 spiro atoms. The Kier molecular flexibility index (Phi) is 4.68. The normalized spacial score (nSPS) is 18.7. The smallest absolute Gasteiger partial charge is 0.244 e. The van der Waals surface area contributed by atoms with Gasteiger partial charge in [0.1, 0.15) is 11.8 Å². The van der Waals surface area contributed by atoms with Crippen LogP contribution in [0, 0.1) is 0 Å². The highest BCUT2D eigenvalue weighted by Crippen LogP contribution is 2.28. The summed E-state index contributed by atoms with van der Waals surface area (Å²) in [5.74, 6) is 0.648. The van der Waals surface area contributed by atoms with Crippen molar-refractivity contribution < 1.29 is 14.3 Å². The van der Waals surface area contributed by atoms with E-state index in [0.29, 0.717) is 37.8 Å². The van der Waals surface area contributed by atoms with Gasteiger partial charge in [-0.15, -0.1) is 0 Å². The number of hydrogen-bond acceptors (Lipinski definition) is 5. The Morgan fingerprint density at radius 2 is 2.35 bits per heavy atom. The summed E-state index contributed by atoms with van der Waals surface area (Å²) in [6.07, 6.45) is 0. The third-order valence-electron chi connectivity index (χ3n) is 3.23. The van der Waals surface area contributed by atoms with E-state index < -0.39 is 0 Å².